The van der Waals surface area contributed by atoms with Gasteiger partial charge in [0.05, 0.1) is 23.5 Å². The Balaban J connectivity index is 1.45. The first kappa shape index (κ1) is 21.3. The van der Waals surface area contributed by atoms with Crippen molar-refractivity contribution in [2.75, 3.05) is 5.32 Å². The van der Waals surface area contributed by atoms with E-state index < -0.39 is 0 Å². The van der Waals surface area contributed by atoms with Crippen LogP contribution in [-0.4, -0.2) is 30.5 Å². The van der Waals surface area contributed by atoms with Gasteiger partial charge in [0.2, 0.25) is 5.95 Å². The molecule has 0 atom stereocenters. The first-order chi connectivity index (χ1) is 16.6. The van der Waals surface area contributed by atoms with E-state index in [0.717, 1.165) is 22.5 Å². The van der Waals surface area contributed by atoms with Crippen LogP contribution in [0.5, 0.6) is 0 Å². The minimum atomic E-state index is -0.299. The standard InChI is InChI=1S/C27H24N6O/c1-19-13-15-21(16-14-19)17-32-18-28-27(31-32)29-26(34)24-20(2)33(23-11-7-4-8-12-23)30-25(24)22-9-5-3-6-10-22/h3-16,18H,17H2,1-2H3,(H,29,31,34). The summed E-state index contributed by atoms with van der Waals surface area (Å²) in [5, 5.41) is 12.1. The molecule has 5 rings (SSSR count). The number of hydrogen-bond donors (Lipinski definition) is 1. The van der Waals surface area contributed by atoms with E-state index in [0.29, 0.717) is 17.8 Å². The van der Waals surface area contributed by atoms with Crippen molar-refractivity contribution in [3.63, 3.8) is 0 Å². The van der Waals surface area contributed by atoms with Crippen LogP contribution in [0.4, 0.5) is 5.95 Å². The van der Waals surface area contributed by atoms with E-state index >= 15 is 0 Å². The summed E-state index contributed by atoms with van der Waals surface area (Å²) in [6, 6.07) is 27.7. The molecule has 5 aromatic rings. The molecule has 168 valence electrons. The van der Waals surface area contributed by atoms with Gasteiger partial charge >= 0.3 is 0 Å². The van der Waals surface area contributed by atoms with Crippen LogP contribution in [-0.2, 0) is 6.54 Å². The van der Waals surface area contributed by atoms with Crippen LogP contribution < -0.4 is 5.32 Å². The molecule has 0 aliphatic heterocycles. The van der Waals surface area contributed by atoms with Gasteiger partial charge in [-0.3, -0.25) is 10.1 Å². The van der Waals surface area contributed by atoms with Crippen LogP contribution in [0.1, 0.15) is 27.2 Å². The second-order valence-corrected chi connectivity index (χ2v) is 8.13. The van der Waals surface area contributed by atoms with Crippen molar-refractivity contribution in [1.29, 1.82) is 0 Å². The lowest BCUT2D eigenvalue weighted by Crippen LogP contribution is -2.15. The number of carbonyl (C=O) groups excluding carboxylic acids is 1. The highest BCUT2D eigenvalue weighted by Crippen LogP contribution is 2.27. The molecule has 7 heteroatoms. The van der Waals surface area contributed by atoms with E-state index in [1.54, 1.807) is 15.7 Å². The zero-order valence-electron chi connectivity index (χ0n) is 19.0. The van der Waals surface area contributed by atoms with Crippen molar-refractivity contribution in [1.82, 2.24) is 24.5 Å². The van der Waals surface area contributed by atoms with E-state index in [1.807, 2.05) is 67.6 Å². The first-order valence-corrected chi connectivity index (χ1v) is 11.1. The average Bonchev–Trinajstić information content (AvgIpc) is 3.45. The number of nitrogens with zero attached hydrogens (tertiary/aromatic N) is 5. The number of nitrogens with one attached hydrogen (secondary N) is 1. The summed E-state index contributed by atoms with van der Waals surface area (Å²) < 4.78 is 3.50. The van der Waals surface area contributed by atoms with Crippen molar-refractivity contribution < 1.29 is 4.79 Å². The fourth-order valence-corrected chi connectivity index (χ4v) is 3.87. The van der Waals surface area contributed by atoms with Gasteiger partial charge < -0.3 is 0 Å². The third-order valence-electron chi connectivity index (χ3n) is 5.62. The Kier molecular flexibility index (Phi) is 5.74. The van der Waals surface area contributed by atoms with Gasteiger partial charge in [0, 0.05) is 5.56 Å². The number of anilines is 1. The molecule has 0 spiro atoms. The van der Waals surface area contributed by atoms with E-state index in [1.165, 1.54) is 5.56 Å². The lowest BCUT2D eigenvalue weighted by Gasteiger charge is -2.05. The molecular weight excluding hydrogens is 424 g/mol. The van der Waals surface area contributed by atoms with Gasteiger partial charge in [0.1, 0.15) is 12.0 Å². The maximum atomic E-state index is 13.4. The molecule has 0 unspecified atom stereocenters. The van der Waals surface area contributed by atoms with Crippen molar-refractivity contribution in [2.45, 2.75) is 20.4 Å². The lowest BCUT2D eigenvalue weighted by molar-refractivity contribution is 0.102. The van der Waals surface area contributed by atoms with Crippen molar-refractivity contribution in [2.24, 2.45) is 0 Å². The molecule has 0 saturated heterocycles. The first-order valence-electron chi connectivity index (χ1n) is 11.1. The number of aryl methyl sites for hydroxylation is 1. The van der Waals surface area contributed by atoms with Gasteiger partial charge in [-0.15, -0.1) is 5.10 Å². The lowest BCUT2D eigenvalue weighted by atomic mass is 10.1. The molecular formula is C27H24N6O. The van der Waals surface area contributed by atoms with Crippen LogP contribution >= 0.6 is 0 Å². The fourth-order valence-electron chi connectivity index (χ4n) is 3.87. The summed E-state index contributed by atoms with van der Waals surface area (Å²) >= 11 is 0. The van der Waals surface area contributed by atoms with Crippen LogP contribution in [0.2, 0.25) is 0 Å². The molecule has 0 saturated carbocycles. The van der Waals surface area contributed by atoms with E-state index in [4.69, 9.17) is 5.10 Å². The smallest absolute Gasteiger partial charge is 0.262 e. The van der Waals surface area contributed by atoms with Crippen LogP contribution in [0, 0.1) is 13.8 Å². The molecule has 0 aliphatic rings. The minimum Gasteiger partial charge on any atom is -0.289 e. The number of benzene rings is 3. The Hall–Kier alpha value is -4.52. The predicted octanol–water partition coefficient (Wildman–Crippen LogP) is 5.05. The Bertz CT molecular complexity index is 1420. The van der Waals surface area contributed by atoms with Gasteiger partial charge in [0.25, 0.3) is 5.91 Å². The molecule has 0 radical (unpaired) electrons. The Morgan fingerprint density at radius 3 is 2.24 bits per heavy atom. The van der Waals surface area contributed by atoms with Gasteiger partial charge in [-0.05, 0) is 31.5 Å². The topological polar surface area (TPSA) is 77.6 Å². The minimum absolute atomic E-state index is 0.253. The average molecular weight is 449 g/mol. The number of amides is 1. The molecule has 1 N–H and O–H groups in total. The summed E-state index contributed by atoms with van der Waals surface area (Å²) in [6.45, 7) is 4.52. The largest absolute Gasteiger partial charge is 0.289 e. The van der Waals surface area contributed by atoms with E-state index in [2.05, 4.69) is 46.6 Å². The van der Waals surface area contributed by atoms with E-state index in [-0.39, 0.29) is 11.9 Å². The highest BCUT2D eigenvalue weighted by molar-refractivity contribution is 6.08. The molecule has 7 nitrogen and oxygen atoms in total. The molecule has 0 aliphatic carbocycles. The third-order valence-corrected chi connectivity index (χ3v) is 5.62. The van der Waals surface area contributed by atoms with Gasteiger partial charge in [-0.1, -0.05) is 78.4 Å². The summed E-state index contributed by atoms with van der Waals surface area (Å²) in [4.78, 5) is 17.7. The van der Waals surface area contributed by atoms with Crippen molar-refractivity contribution in [3.8, 4) is 16.9 Å². The third kappa shape index (κ3) is 4.36. The van der Waals surface area contributed by atoms with Gasteiger partial charge in [-0.25, -0.2) is 14.3 Å². The zero-order valence-corrected chi connectivity index (χ0v) is 19.0. The maximum Gasteiger partial charge on any atom is 0.262 e. The van der Waals surface area contributed by atoms with Gasteiger partial charge in [0.15, 0.2) is 0 Å². The number of para-hydroxylation sites is 1. The molecule has 3 aromatic carbocycles. The summed E-state index contributed by atoms with van der Waals surface area (Å²) in [5.41, 5.74) is 5.90. The number of carbonyl (C=O) groups is 1. The molecule has 2 aromatic heterocycles. The highest BCUT2D eigenvalue weighted by atomic mass is 16.1. The fraction of sp³-hybridized carbons (Fsp3) is 0.111. The molecule has 0 fully saturated rings. The molecule has 0 bridgehead atoms. The molecule has 1 amide bonds. The van der Waals surface area contributed by atoms with Crippen molar-refractivity contribution in [3.05, 3.63) is 114 Å². The van der Waals surface area contributed by atoms with Crippen molar-refractivity contribution >= 4 is 11.9 Å². The van der Waals surface area contributed by atoms with Crippen LogP contribution in [0.25, 0.3) is 16.9 Å². The Morgan fingerprint density at radius 1 is 0.853 bits per heavy atom. The normalized spacial score (nSPS) is 10.9. The second kappa shape index (κ2) is 9.15. The summed E-state index contributed by atoms with van der Waals surface area (Å²) in [6.07, 6.45) is 1.62. The molecule has 2 heterocycles. The number of hydrogen-bond acceptors (Lipinski definition) is 4. The van der Waals surface area contributed by atoms with Crippen LogP contribution in [0.15, 0.2) is 91.3 Å². The Labute approximate surface area is 197 Å². The van der Waals surface area contributed by atoms with Gasteiger partial charge in [-0.2, -0.15) is 5.10 Å². The van der Waals surface area contributed by atoms with E-state index in [9.17, 15) is 4.79 Å². The monoisotopic (exact) mass is 448 g/mol. The molecule has 34 heavy (non-hydrogen) atoms. The summed E-state index contributed by atoms with van der Waals surface area (Å²) in [7, 11) is 0. The number of aromatic nitrogens is 5. The predicted molar refractivity (Wildman–Crippen MR) is 132 cm³/mol. The zero-order chi connectivity index (χ0) is 23.5. The van der Waals surface area contributed by atoms with Crippen LogP contribution in [0.3, 0.4) is 0 Å². The second-order valence-electron chi connectivity index (χ2n) is 8.13. The maximum absolute atomic E-state index is 13.4. The Morgan fingerprint density at radius 2 is 1.53 bits per heavy atom. The number of rotatable bonds is 6. The SMILES string of the molecule is Cc1ccc(Cn2cnc(NC(=O)c3c(-c4ccccc4)nn(-c4ccccc4)c3C)n2)cc1. The quantitative estimate of drug-likeness (QED) is 0.394. The highest BCUT2D eigenvalue weighted by Gasteiger charge is 2.24. The summed E-state index contributed by atoms with van der Waals surface area (Å²) in [5.74, 6) is -0.0467.